The van der Waals surface area contributed by atoms with Crippen LogP contribution < -0.4 is 5.32 Å². The molecule has 6 nitrogen and oxygen atoms in total. The fourth-order valence-electron chi connectivity index (χ4n) is 2.24. The number of aromatic nitrogens is 3. The fourth-order valence-corrected chi connectivity index (χ4v) is 2.37. The average molecular weight is 331 g/mol. The molecule has 1 unspecified atom stereocenters. The Hall–Kier alpha value is -2.60. The van der Waals surface area contributed by atoms with Crippen LogP contribution in [0.25, 0.3) is 0 Å². The Labute approximate surface area is 138 Å². The van der Waals surface area contributed by atoms with Gasteiger partial charge in [-0.2, -0.15) is 5.10 Å². The first-order valence-electron chi connectivity index (χ1n) is 7.02. The lowest BCUT2D eigenvalue weighted by Crippen LogP contribution is -2.29. The van der Waals surface area contributed by atoms with Crippen LogP contribution in [0.3, 0.4) is 0 Å². The molecular formula is C16H15ClN4O2. The van der Waals surface area contributed by atoms with E-state index in [0.29, 0.717) is 10.7 Å². The molecule has 1 N–H and O–H groups in total. The summed E-state index contributed by atoms with van der Waals surface area (Å²) in [6.45, 7) is 1.76. The molecule has 0 fully saturated rings. The van der Waals surface area contributed by atoms with Crippen LogP contribution in [0.4, 0.5) is 0 Å². The van der Waals surface area contributed by atoms with Gasteiger partial charge in [-0.15, -0.1) is 0 Å². The van der Waals surface area contributed by atoms with Crippen molar-refractivity contribution in [3.05, 3.63) is 70.3 Å². The number of benzene rings is 1. The Bertz CT molecular complexity index is 823. The van der Waals surface area contributed by atoms with E-state index in [-0.39, 0.29) is 11.7 Å². The highest BCUT2D eigenvalue weighted by Crippen LogP contribution is 2.23. The largest absolute Gasteiger partial charge is 0.351 e. The quantitative estimate of drug-likeness (QED) is 0.798. The van der Waals surface area contributed by atoms with Crippen molar-refractivity contribution in [2.24, 2.45) is 7.05 Å². The maximum Gasteiger partial charge on any atom is 0.290 e. The number of nitrogens with zero attached hydrogens (tertiary/aromatic N) is 3. The third kappa shape index (κ3) is 3.43. The zero-order valence-corrected chi connectivity index (χ0v) is 13.4. The molecule has 3 rings (SSSR count). The third-order valence-corrected chi connectivity index (χ3v) is 3.61. The third-order valence-electron chi connectivity index (χ3n) is 3.36. The summed E-state index contributed by atoms with van der Waals surface area (Å²) in [7, 11) is 1.82. The zero-order chi connectivity index (χ0) is 16.4. The van der Waals surface area contributed by atoms with Gasteiger partial charge in [0.15, 0.2) is 0 Å². The van der Waals surface area contributed by atoms with Gasteiger partial charge in [-0.3, -0.25) is 9.48 Å². The summed E-state index contributed by atoms with van der Waals surface area (Å²) in [5, 5.41) is 11.7. The topological polar surface area (TPSA) is 73.0 Å². The van der Waals surface area contributed by atoms with Gasteiger partial charge in [0.1, 0.15) is 0 Å². The maximum atomic E-state index is 12.4. The van der Waals surface area contributed by atoms with Gasteiger partial charge in [0.2, 0.25) is 5.76 Å². The molecule has 2 aromatic heterocycles. The van der Waals surface area contributed by atoms with E-state index in [9.17, 15) is 4.79 Å². The van der Waals surface area contributed by atoms with Crippen LogP contribution in [0.5, 0.6) is 0 Å². The maximum absolute atomic E-state index is 12.4. The van der Waals surface area contributed by atoms with E-state index in [4.69, 9.17) is 16.1 Å². The number of hydrogen-bond donors (Lipinski definition) is 1. The predicted octanol–water partition coefficient (Wildman–Crippen LogP) is 2.89. The molecular weight excluding hydrogens is 316 g/mol. The van der Waals surface area contributed by atoms with Gasteiger partial charge >= 0.3 is 0 Å². The number of aryl methyl sites for hydroxylation is 2. The molecule has 0 aliphatic heterocycles. The van der Waals surface area contributed by atoms with Crippen molar-refractivity contribution < 1.29 is 9.32 Å². The van der Waals surface area contributed by atoms with Gasteiger partial charge in [0.25, 0.3) is 5.91 Å². The first-order valence-corrected chi connectivity index (χ1v) is 7.40. The minimum atomic E-state index is -0.411. The molecule has 1 amide bonds. The van der Waals surface area contributed by atoms with E-state index in [1.165, 1.54) is 0 Å². The molecule has 1 atom stereocenters. The first kappa shape index (κ1) is 15.3. The van der Waals surface area contributed by atoms with E-state index in [1.807, 2.05) is 31.4 Å². The van der Waals surface area contributed by atoms with Gasteiger partial charge < -0.3 is 9.84 Å². The van der Waals surface area contributed by atoms with Crippen LogP contribution in [-0.4, -0.2) is 20.8 Å². The molecule has 7 heteroatoms. The minimum absolute atomic E-state index is 0.164. The molecule has 0 spiro atoms. The van der Waals surface area contributed by atoms with Crippen LogP contribution in [0.2, 0.25) is 5.02 Å². The Kier molecular flexibility index (Phi) is 4.16. The van der Waals surface area contributed by atoms with E-state index < -0.39 is 6.04 Å². The Morgan fingerprint density at radius 3 is 2.61 bits per heavy atom. The summed E-state index contributed by atoms with van der Waals surface area (Å²) < 4.78 is 6.70. The van der Waals surface area contributed by atoms with Crippen LogP contribution in [0.15, 0.2) is 47.1 Å². The molecule has 2 heterocycles. The molecule has 3 aromatic rings. The molecule has 23 heavy (non-hydrogen) atoms. The van der Waals surface area contributed by atoms with Gasteiger partial charge in [-0.1, -0.05) is 28.9 Å². The van der Waals surface area contributed by atoms with E-state index in [2.05, 4.69) is 15.6 Å². The Morgan fingerprint density at radius 1 is 1.30 bits per heavy atom. The smallest absolute Gasteiger partial charge is 0.290 e. The first-order chi connectivity index (χ1) is 11.0. The van der Waals surface area contributed by atoms with Crippen molar-refractivity contribution in [2.45, 2.75) is 13.0 Å². The number of halogens is 1. The van der Waals surface area contributed by atoms with E-state index >= 15 is 0 Å². The van der Waals surface area contributed by atoms with Gasteiger partial charge in [-0.25, -0.2) is 0 Å². The number of hydrogen-bond acceptors (Lipinski definition) is 4. The lowest BCUT2D eigenvalue weighted by Gasteiger charge is -2.16. The standard InChI is InChI=1S/C16H15ClN4O2/c1-10-9-14(23-20-10)16(22)18-15(13-7-8-21(2)19-13)11-3-5-12(17)6-4-11/h3-9,15H,1-2H3,(H,18,22). The van der Waals surface area contributed by atoms with Crippen LogP contribution in [0.1, 0.15) is 33.5 Å². The average Bonchev–Trinajstić information content (AvgIpc) is 3.14. The highest BCUT2D eigenvalue weighted by Gasteiger charge is 2.22. The second kappa shape index (κ2) is 6.26. The van der Waals surface area contributed by atoms with Crippen molar-refractivity contribution in [2.75, 3.05) is 0 Å². The summed E-state index contributed by atoms with van der Waals surface area (Å²) in [4.78, 5) is 12.4. The Morgan fingerprint density at radius 2 is 2.04 bits per heavy atom. The van der Waals surface area contributed by atoms with Gasteiger partial charge in [0.05, 0.1) is 17.4 Å². The van der Waals surface area contributed by atoms with E-state index in [0.717, 1.165) is 11.3 Å². The second-order valence-electron chi connectivity index (χ2n) is 5.20. The lowest BCUT2D eigenvalue weighted by atomic mass is 10.0. The van der Waals surface area contributed by atoms with Gasteiger partial charge in [0, 0.05) is 24.3 Å². The SMILES string of the molecule is Cc1cc(C(=O)NC(c2ccc(Cl)cc2)c2ccn(C)n2)on1. The van der Waals surface area contributed by atoms with Crippen LogP contribution >= 0.6 is 11.6 Å². The zero-order valence-electron chi connectivity index (χ0n) is 12.7. The number of nitrogens with one attached hydrogen (secondary N) is 1. The molecule has 118 valence electrons. The summed E-state index contributed by atoms with van der Waals surface area (Å²) >= 11 is 5.94. The summed E-state index contributed by atoms with van der Waals surface area (Å²) in [6.07, 6.45) is 1.82. The highest BCUT2D eigenvalue weighted by atomic mass is 35.5. The normalized spacial score (nSPS) is 12.1. The van der Waals surface area contributed by atoms with Crippen LogP contribution in [0, 0.1) is 6.92 Å². The summed E-state index contributed by atoms with van der Waals surface area (Å²) in [5.41, 5.74) is 2.24. The van der Waals surface area contributed by atoms with Crippen molar-refractivity contribution >= 4 is 17.5 Å². The summed E-state index contributed by atoms with van der Waals surface area (Å²) in [6, 6.07) is 10.3. The number of carbonyl (C=O) groups is 1. The summed E-state index contributed by atoms with van der Waals surface area (Å²) in [5.74, 6) is -0.186. The molecule has 0 saturated carbocycles. The number of carbonyl (C=O) groups excluding carboxylic acids is 1. The fraction of sp³-hybridized carbons (Fsp3) is 0.188. The molecule has 0 aliphatic carbocycles. The highest BCUT2D eigenvalue weighted by molar-refractivity contribution is 6.30. The predicted molar refractivity (Wildman–Crippen MR) is 85.2 cm³/mol. The minimum Gasteiger partial charge on any atom is -0.351 e. The number of amides is 1. The molecule has 1 aromatic carbocycles. The van der Waals surface area contributed by atoms with Gasteiger partial charge in [-0.05, 0) is 30.7 Å². The van der Waals surface area contributed by atoms with Crippen molar-refractivity contribution in [3.8, 4) is 0 Å². The monoisotopic (exact) mass is 330 g/mol. The van der Waals surface area contributed by atoms with Crippen molar-refractivity contribution in [3.63, 3.8) is 0 Å². The number of rotatable bonds is 4. The molecule has 0 radical (unpaired) electrons. The Balaban J connectivity index is 1.92. The lowest BCUT2D eigenvalue weighted by molar-refractivity contribution is 0.0905. The van der Waals surface area contributed by atoms with Crippen molar-refractivity contribution in [1.29, 1.82) is 0 Å². The van der Waals surface area contributed by atoms with Crippen molar-refractivity contribution in [1.82, 2.24) is 20.3 Å². The second-order valence-corrected chi connectivity index (χ2v) is 5.64. The molecule has 0 saturated heterocycles. The molecule has 0 bridgehead atoms. The molecule has 0 aliphatic rings. The van der Waals surface area contributed by atoms with E-state index in [1.54, 1.807) is 29.8 Å². The van der Waals surface area contributed by atoms with Crippen LogP contribution in [-0.2, 0) is 7.05 Å².